The van der Waals surface area contributed by atoms with Crippen LogP contribution in [0.4, 0.5) is 8.78 Å². The van der Waals surface area contributed by atoms with Gasteiger partial charge < -0.3 is 9.72 Å². The van der Waals surface area contributed by atoms with Gasteiger partial charge >= 0.3 is 0 Å². The summed E-state index contributed by atoms with van der Waals surface area (Å²) in [6.07, 6.45) is 1.66. The Labute approximate surface area is 123 Å². The number of methoxy groups -OCH3 is 1. The molecule has 0 bridgehead atoms. The number of rotatable bonds is 4. The van der Waals surface area contributed by atoms with Crippen molar-refractivity contribution in [2.24, 2.45) is 0 Å². The molecule has 2 aromatic heterocycles. The minimum atomic E-state index is -0.674. The fourth-order valence-corrected chi connectivity index (χ4v) is 2.67. The second-order valence-corrected chi connectivity index (χ2v) is 5.27. The first kappa shape index (κ1) is 13.8. The van der Waals surface area contributed by atoms with E-state index in [0.717, 1.165) is 17.5 Å². The lowest BCUT2D eigenvalue weighted by Crippen LogP contribution is -1.89. The predicted molar refractivity (Wildman–Crippen MR) is 76.4 cm³/mol. The normalized spacial score (nSPS) is 11.0. The molecule has 7 heteroatoms. The molecule has 108 valence electrons. The molecule has 0 aliphatic rings. The molecule has 21 heavy (non-hydrogen) atoms. The molecule has 1 N–H and O–H groups in total. The molecular formula is C14H11F2N3OS. The molecule has 0 fully saturated rings. The van der Waals surface area contributed by atoms with Crippen LogP contribution in [0, 0.1) is 11.6 Å². The standard InChI is InChI=1S/C14H11F2N3OS/c1-20-10-2-3-17-9(6-10)7-21-14-18-12-5-8(15)4-11(16)13(12)19-14/h2-6H,7H2,1H3,(H,18,19). The number of hydrogen-bond donors (Lipinski definition) is 1. The number of halogens is 2. The molecular weight excluding hydrogens is 296 g/mol. The molecule has 0 atom stereocenters. The third-order valence-corrected chi connectivity index (χ3v) is 3.77. The molecule has 0 saturated carbocycles. The number of pyridine rings is 1. The fraction of sp³-hybridized carbons (Fsp3) is 0.143. The number of nitrogens with one attached hydrogen (secondary N) is 1. The summed E-state index contributed by atoms with van der Waals surface area (Å²) in [6.45, 7) is 0. The third-order valence-electron chi connectivity index (χ3n) is 2.86. The Morgan fingerprint density at radius 1 is 1.29 bits per heavy atom. The number of thioether (sulfide) groups is 1. The number of aromatic nitrogens is 3. The zero-order valence-corrected chi connectivity index (χ0v) is 11.9. The predicted octanol–water partition coefficient (Wildman–Crippen LogP) is 3.54. The van der Waals surface area contributed by atoms with Crippen LogP contribution in [-0.4, -0.2) is 22.1 Å². The highest BCUT2D eigenvalue weighted by Crippen LogP contribution is 2.25. The van der Waals surface area contributed by atoms with E-state index in [9.17, 15) is 8.78 Å². The van der Waals surface area contributed by atoms with Crippen molar-refractivity contribution in [3.05, 3.63) is 47.8 Å². The first-order valence-electron chi connectivity index (χ1n) is 6.12. The number of ether oxygens (including phenoxy) is 1. The van der Waals surface area contributed by atoms with Gasteiger partial charge in [0.15, 0.2) is 11.0 Å². The lowest BCUT2D eigenvalue weighted by Gasteiger charge is -2.02. The molecule has 0 amide bonds. The molecule has 2 heterocycles. The largest absolute Gasteiger partial charge is 0.497 e. The highest BCUT2D eigenvalue weighted by atomic mass is 32.2. The van der Waals surface area contributed by atoms with Gasteiger partial charge in [-0.25, -0.2) is 13.8 Å². The van der Waals surface area contributed by atoms with E-state index in [1.165, 1.54) is 17.8 Å². The van der Waals surface area contributed by atoms with Gasteiger partial charge in [0.1, 0.15) is 17.1 Å². The summed E-state index contributed by atoms with van der Waals surface area (Å²) in [6, 6.07) is 5.61. The number of nitrogens with zero attached hydrogens (tertiary/aromatic N) is 2. The van der Waals surface area contributed by atoms with Crippen LogP contribution < -0.4 is 4.74 Å². The van der Waals surface area contributed by atoms with Crippen LogP contribution in [0.1, 0.15) is 5.69 Å². The number of benzene rings is 1. The van der Waals surface area contributed by atoms with E-state index in [-0.39, 0.29) is 5.52 Å². The summed E-state index contributed by atoms with van der Waals surface area (Å²) in [7, 11) is 1.59. The smallest absolute Gasteiger partial charge is 0.166 e. The Bertz CT molecular complexity index is 791. The Hall–Kier alpha value is -2.15. The molecule has 1 aromatic carbocycles. The van der Waals surface area contributed by atoms with Crippen molar-refractivity contribution in [3.8, 4) is 5.75 Å². The monoisotopic (exact) mass is 307 g/mol. The third kappa shape index (κ3) is 2.97. The molecule has 0 saturated heterocycles. The van der Waals surface area contributed by atoms with Crippen LogP contribution in [0.15, 0.2) is 35.6 Å². The van der Waals surface area contributed by atoms with E-state index < -0.39 is 11.6 Å². The highest BCUT2D eigenvalue weighted by molar-refractivity contribution is 7.98. The van der Waals surface area contributed by atoms with Crippen molar-refractivity contribution >= 4 is 22.8 Å². The minimum Gasteiger partial charge on any atom is -0.497 e. The van der Waals surface area contributed by atoms with Gasteiger partial charge in [-0.3, -0.25) is 4.98 Å². The summed E-state index contributed by atoms with van der Waals surface area (Å²) in [4.78, 5) is 11.2. The minimum absolute atomic E-state index is 0.137. The first-order chi connectivity index (χ1) is 10.2. The highest BCUT2D eigenvalue weighted by Gasteiger charge is 2.10. The zero-order valence-electron chi connectivity index (χ0n) is 11.1. The van der Waals surface area contributed by atoms with Gasteiger partial charge in [0.05, 0.1) is 18.3 Å². The van der Waals surface area contributed by atoms with Crippen LogP contribution in [0.25, 0.3) is 11.0 Å². The van der Waals surface area contributed by atoms with Crippen molar-refractivity contribution in [1.82, 2.24) is 15.0 Å². The molecule has 3 aromatic rings. The van der Waals surface area contributed by atoms with E-state index in [0.29, 0.717) is 16.4 Å². The number of imidazole rings is 1. The molecule has 3 rings (SSSR count). The van der Waals surface area contributed by atoms with Crippen LogP contribution in [0.3, 0.4) is 0 Å². The lowest BCUT2D eigenvalue weighted by molar-refractivity contribution is 0.413. The quantitative estimate of drug-likeness (QED) is 0.749. The van der Waals surface area contributed by atoms with E-state index >= 15 is 0 Å². The fourth-order valence-electron chi connectivity index (χ4n) is 1.89. The van der Waals surface area contributed by atoms with Crippen molar-refractivity contribution in [2.75, 3.05) is 7.11 Å². The van der Waals surface area contributed by atoms with E-state index in [4.69, 9.17) is 4.74 Å². The molecule has 4 nitrogen and oxygen atoms in total. The van der Waals surface area contributed by atoms with Gasteiger partial charge in [-0.2, -0.15) is 0 Å². The summed E-state index contributed by atoms with van der Waals surface area (Å²) >= 11 is 1.36. The Kier molecular flexibility index (Phi) is 3.74. The maximum atomic E-state index is 13.6. The summed E-state index contributed by atoms with van der Waals surface area (Å²) < 4.78 is 31.8. The van der Waals surface area contributed by atoms with E-state index in [1.54, 1.807) is 19.4 Å². The van der Waals surface area contributed by atoms with Crippen LogP contribution in [0.2, 0.25) is 0 Å². The Morgan fingerprint density at radius 2 is 2.14 bits per heavy atom. The Balaban J connectivity index is 1.80. The topological polar surface area (TPSA) is 50.8 Å². The van der Waals surface area contributed by atoms with Crippen LogP contribution in [0.5, 0.6) is 5.75 Å². The molecule has 0 aliphatic carbocycles. The second kappa shape index (κ2) is 5.69. The zero-order chi connectivity index (χ0) is 14.8. The van der Waals surface area contributed by atoms with E-state index in [2.05, 4.69) is 15.0 Å². The maximum Gasteiger partial charge on any atom is 0.166 e. The van der Waals surface area contributed by atoms with Gasteiger partial charge in [-0.15, -0.1) is 0 Å². The van der Waals surface area contributed by atoms with Gasteiger partial charge in [0.2, 0.25) is 0 Å². The molecule has 0 spiro atoms. The van der Waals surface area contributed by atoms with Crippen molar-refractivity contribution < 1.29 is 13.5 Å². The summed E-state index contributed by atoms with van der Waals surface area (Å²) in [5.41, 5.74) is 1.29. The average molecular weight is 307 g/mol. The maximum absolute atomic E-state index is 13.6. The van der Waals surface area contributed by atoms with Gasteiger partial charge in [0.25, 0.3) is 0 Å². The van der Waals surface area contributed by atoms with E-state index in [1.807, 2.05) is 6.07 Å². The average Bonchev–Trinajstić information content (AvgIpc) is 2.88. The first-order valence-corrected chi connectivity index (χ1v) is 7.11. The van der Waals surface area contributed by atoms with Crippen molar-refractivity contribution in [3.63, 3.8) is 0 Å². The van der Waals surface area contributed by atoms with Crippen LogP contribution in [-0.2, 0) is 5.75 Å². The second-order valence-electron chi connectivity index (χ2n) is 4.30. The van der Waals surface area contributed by atoms with Crippen molar-refractivity contribution in [2.45, 2.75) is 10.9 Å². The Morgan fingerprint density at radius 3 is 2.95 bits per heavy atom. The number of H-pyrrole nitrogens is 1. The molecule has 0 aliphatic heterocycles. The SMILES string of the molecule is COc1ccnc(CSc2nc3c(F)cc(F)cc3[nH]2)c1. The molecule has 0 radical (unpaired) electrons. The number of fused-ring (bicyclic) bond motifs is 1. The molecule has 0 unspecified atom stereocenters. The lowest BCUT2D eigenvalue weighted by atomic mass is 10.3. The summed E-state index contributed by atoms with van der Waals surface area (Å²) in [5.74, 6) is -0.0400. The van der Waals surface area contributed by atoms with Crippen molar-refractivity contribution in [1.29, 1.82) is 0 Å². The number of aromatic amines is 1. The van der Waals surface area contributed by atoms with Gasteiger partial charge in [0, 0.05) is 24.1 Å². The van der Waals surface area contributed by atoms with Gasteiger partial charge in [-0.1, -0.05) is 11.8 Å². The van der Waals surface area contributed by atoms with Gasteiger partial charge in [-0.05, 0) is 12.1 Å². The number of hydrogen-bond acceptors (Lipinski definition) is 4. The van der Waals surface area contributed by atoms with Crippen LogP contribution >= 0.6 is 11.8 Å². The summed E-state index contributed by atoms with van der Waals surface area (Å²) in [5, 5.41) is 0.513.